The van der Waals surface area contributed by atoms with E-state index in [9.17, 15) is 4.79 Å². The Balaban J connectivity index is 2.56. The molecule has 0 fully saturated rings. The molecule has 1 N–H and O–H groups in total. The Morgan fingerprint density at radius 1 is 1.86 bits per heavy atom. The largest absolute Gasteiger partial charge is 0.306 e. The number of carbonyl (C=O) groups is 1. The predicted molar refractivity (Wildman–Crippen MR) is 62.5 cm³/mol. The van der Waals surface area contributed by atoms with Gasteiger partial charge in [0.25, 0.3) is 0 Å². The molecular weight excluding hydrogens is 242 g/mol. The number of halogens is 1. The van der Waals surface area contributed by atoms with Crippen LogP contribution in [0.25, 0.3) is 0 Å². The first kappa shape index (κ1) is 11.7. The molecule has 1 heterocycles. The van der Waals surface area contributed by atoms with E-state index in [2.05, 4.69) is 33.9 Å². The highest BCUT2D eigenvalue weighted by Gasteiger charge is 2.21. The highest BCUT2D eigenvalue weighted by molar-refractivity contribution is 9.11. The summed E-state index contributed by atoms with van der Waals surface area (Å²) < 4.78 is 1.10. The number of hydrogen-bond donors (Lipinski definition) is 1. The Morgan fingerprint density at radius 3 is 3.14 bits per heavy atom. The molecule has 2 unspecified atom stereocenters. The highest BCUT2D eigenvalue weighted by atomic mass is 79.9. The topological polar surface area (TPSA) is 29.1 Å². The zero-order valence-electron chi connectivity index (χ0n) is 8.42. The molecule has 0 radical (unpaired) electrons. The van der Waals surface area contributed by atoms with Crippen LogP contribution in [0.15, 0.2) is 23.2 Å². The maximum atomic E-state index is 11.0. The molecule has 0 bridgehead atoms. The van der Waals surface area contributed by atoms with Crippen LogP contribution in [0.3, 0.4) is 0 Å². The average Bonchev–Trinajstić information content (AvgIpc) is 2.10. The summed E-state index contributed by atoms with van der Waals surface area (Å²) >= 11 is 3.48. The van der Waals surface area contributed by atoms with E-state index in [0.29, 0.717) is 12.5 Å². The van der Waals surface area contributed by atoms with Crippen LogP contribution < -0.4 is 5.32 Å². The quantitative estimate of drug-likeness (QED) is 0.785. The van der Waals surface area contributed by atoms with Crippen LogP contribution in [0.2, 0.25) is 0 Å². The zero-order chi connectivity index (χ0) is 10.6. The number of rotatable bonds is 4. The third kappa shape index (κ3) is 3.39. The van der Waals surface area contributed by atoms with Crippen LogP contribution in [0.5, 0.6) is 0 Å². The second kappa shape index (κ2) is 5.47. The van der Waals surface area contributed by atoms with Gasteiger partial charge in [-0.25, -0.2) is 0 Å². The smallest absolute Gasteiger partial charge is 0.131 e. The number of Topliss-reactive ketones (excluding diaryl/α,β-unsaturated/α-hetero) is 1. The van der Waals surface area contributed by atoms with Crippen molar-refractivity contribution in [1.82, 2.24) is 5.32 Å². The van der Waals surface area contributed by atoms with Gasteiger partial charge in [0.05, 0.1) is 0 Å². The van der Waals surface area contributed by atoms with Crippen molar-refractivity contribution in [2.24, 2.45) is 0 Å². The molecule has 0 saturated heterocycles. The number of ketones is 1. The van der Waals surface area contributed by atoms with Gasteiger partial charge in [-0.3, -0.25) is 4.79 Å². The van der Waals surface area contributed by atoms with Gasteiger partial charge >= 0.3 is 0 Å². The molecule has 0 saturated carbocycles. The lowest BCUT2D eigenvalue weighted by Gasteiger charge is -2.28. The van der Waals surface area contributed by atoms with Crippen molar-refractivity contribution in [3.05, 3.63) is 23.2 Å². The normalized spacial score (nSPS) is 26.9. The molecule has 2 atom stereocenters. The van der Waals surface area contributed by atoms with E-state index in [1.165, 1.54) is 0 Å². The molecule has 2 nitrogen and oxygen atoms in total. The monoisotopic (exact) mass is 257 g/mol. The van der Waals surface area contributed by atoms with Crippen molar-refractivity contribution in [3.8, 4) is 0 Å². The number of hydrogen-bond acceptors (Lipinski definition) is 2. The van der Waals surface area contributed by atoms with Crippen molar-refractivity contribution in [1.29, 1.82) is 0 Å². The van der Waals surface area contributed by atoms with Crippen LogP contribution in [0, 0.1) is 0 Å². The lowest BCUT2D eigenvalue weighted by atomic mass is 10.0. The first-order chi connectivity index (χ1) is 6.63. The average molecular weight is 258 g/mol. The van der Waals surface area contributed by atoms with Crippen LogP contribution in [0.4, 0.5) is 0 Å². The first-order valence-corrected chi connectivity index (χ1v) is 5.64. The fourth-order valence-corrected chi connectivity index (χ4v) is 2.12. The number of nitrogens with one attached hydrogen (secondary N) is 1. The molecule has 1 rings (SSSR count). The lowest BCUT2D eigenvalue weighted by molar-refractivity contribution is -0.117. The summed E-state index contributed by atoms with van der Waals surface area (Å²) in [4.78, 5) is 11.0. The van der Waals surface area contributed by atoms with Crippen LogP contribution >= 0.6 is 15.9 Å². The third-order valence-electron chi connectivity index (χ3n) is 2.31. The SMILES string of the molecule is C=CCC1CC=C(Br)C(CC(C)=O)N1. The standard InChI is InChI=1S/C11H16BrNO/c1-3-4-9-5-6-10(12)11(13-9)7-8(2)14/h3,6,9,11,13H,1,4-5,7H2,2H3. The maximum absolute atomic E-state index is 11.0. The minimum Gasteiger partial charge on any atom is -0.306 e. The van der Waals surface area contributed by atoms with Gasteiger partial charge in [-0.2, -0.15) is 0 Å². The molecule has 78 valence electrons. The maximum Gasteiger partial charge on any atom is 0.131 e. The highest BCUT2D eigenvalue weighted by Crippen LogP contribution is 2.22. The van der Waals surface area contributed by atoms with E-state index in [1.807, 2.05) is 6.08 Å². The Hall–Kier alpha value is -0.410. The molecule has 0 aliphatic carbocycles. The van der Waals surface area contributed by atoms with E-state index in [4.69, 9.17) is 0 Å². The van der Waals surface area contributed by atoms with Crippen molar-refractivity contribution >= 4 is 21.7 Å². The summed E-state index contributed by atoms with van der Waals surface area (Å²) in [5.74, 6) is 0.215. The number of carbonyl (C=O) groups excluding carboxylic acids is 1. The summed E-state index contributed by atoms with van der Waals surface area (Å²) in [6.07, 6.45) is 6.57. The first-order valence-electron chi connectivity index (χ1n) is 4.85. The van der Waals surface area contributed by atoms with Gasteiger partial charge in [-0.05, 0) is 19.8 Å². The minimum atomic E-state index is 0.159. The van der Waals surface area contributed by atoms with Crippen LogP contribution in [-0.2, 0) is 4.79 Å². The summed E-state index contributed by atoms with van der Waals surface area (Å²) in [5.41, 5.74) is 0. The lowest BCUT2D eigenvalue weighted by Crippen LogP contribution is -2.42. The van der Waals surface area contributed by atoms with Crippen molar-refractivity contribution in [2.75, 3.05) is 0 Å². The molecular formula is C11H16BrNO. The molecule has 3 heteroatoms. The van der Waals surface area contributed by atoms with Crippen LogP contribution in [0.1, 0.15) is 26.2 Å². The molecule has 0 aromatic heterocycles. The van der Waals surface area contributed by atoms with E-state index >= 15 is 0 Å². The Labute approximate surface area is 93.6 Å². The van der Waals surface area contributed by atoms with E-state index in [0.717, 1.165) is 17.3 Å². The molecule has 0 spiro atoms. The van der Waals surface area contributed by atoms with Gasteiger partial charge in [0.1, 0.15) is 5.78 Å². The van der Waals surface area contributed by atoms with Crippen molar-refractivity contribution < 1.29 is 4.79 Å². The Morgan fingerprint density at radius 2 is 2.57 bits per heavy atom. The molecule has 1 aliphatic rings. The van der Waals surface area contributed by atoms with E-state index in [-0.39, 0.29) is 11.8 Å². The fraction of sp³-hybridized carbons (Fsp3) is 0.545. The molecule has 14 heavy (non-hydrogen) atoms. The Kier molecular flexibility index (Phi) is 4.55. The van der Waals surface area contributed by atoms with Crippen molar-refractivity contribution in [2.45, 2.75) is 38.3 Å². The summed E-state index contributed by atoms with van der Waals surface area (Å²) in [6, 6.07) is 0.587. The second-order valence-electron chi connectivity index (χ2n) is 3.67. The summed E-state index contributed by atoms with van der Waals surface area (Å²) in [7, 11) is 0. The third-order valence-corrected chi connectivity index (χ3v) is 3.19. The van der Waals surface area contributed by atoms with E-state index in [1.54, 1.807) is 6.92 Å². The molecule has 0 aromatic carbocycles. The van der Waals surface area contributed by atoms with Gasteiger partial charge in [0.2, 0.25) is 0 Å². The Bertz CT molecular complexity index is 260. The molecule has 1 aliphatic heterocycles. The summed E-state index contributed by atoms with van der Waals surface area (Å²) in [5, 5.41) is 3.43. The summed E-state index contributed by atoms with van der Waals surface area (Å²) in [6.45, 7) is 5.34. The second-order valence-corrected chi connectivity index (χ2v) is 4.59. The predicted octanol–water partition coefficient (Wildman–Crippen LogP) is 2.55. The van der Waals surface area contributed by atoms with Gasteiger partial charge in [0, 0.05) is 23.0 Å². The van der Waals surface area contributed by atoms with Crippen molar-refractivity contribution in [3.63, 3.8) is 0 Å². The van der Waals surface area contributed by atoms with Gasteiger partial charge in [-0.1, -0.05) is 28.1 Å². The van der Waals surface area contributed by atoms with Crippen LogP contribution in [-0.4, -0.2) is 17.9 Å². The van der Waals surface area contributed by atoms with Gasteiger partial charge in [0.15, 0.2) is 0 Å². The zero-order valence-corrected chi connectivity index (χ0v) is 10.0. The molecule has 0 amide bonds. The van der Waals surface area contributed by atoms with Gasteiger partial charge in [-0.15, -0.1) is 6.58 Å². The fourth-order valence-electron chi connectivity index (χ4n) is 1.64. The van der Waals surface area contributed by atoms with Gasteiger partial charge < -0.3 is 5.32 Å². The minimum absolute atomic E-state index is 0.159. The molecule has 0 aromatic rings. The van der Waals surface area contributed by atoms with E-state index < -0.39 is 0 Å².